The first-order valence-electron chi connectivity index (χ1n) is 10.5. The van der Waals surface area contributed by atoms with Crippen LogP contribution in [-0.4, -0.2) is 43.2 Å². The zero-order chi connectivity index (χ0) is 20.1. The normalized spacial score (nSPS) is 17.8. The Bertz CT molecular complexity index is 814. The van der Waals surface area contributed by atoms with Crippen molar-refractivity contribution in [2.75, 3.05) is 41.3 Å². The van der Waals surface area contributed by atoms with E-state index in [2.05, 4.69) is 25.4 Å². The second kappa shape index (κ2) is 9.11. The molecule has 2 amide bonds. The molecule has 1 aromatic carbocycles. The Hall–Kier alpha value is -2.83. The van der Waals surface area contributed by atoms with E-state index < -0.39 is 0 Å². The van der Waals surface area contributed by atoms with Crippen molar-refractivity contribution in [2.45, 2.75) is 38.1 Å². The number of halogens is 1. The number of carbonyl (C=O) groups excluding carboxylic acids is 1. The maximum atomic E-state index is 14.0. The Labute approximate surface area is 171 Å². The van der Waals surface area contributed by atoms with Crippen LogP contribution >= 0.6 is 0 Å². The molecule has 0 spiro atoms. The van der Waals surface area contributed by atoms with Crippen LogP contribution in [0.4, 0.5) is 26.4 Å². The van der Waals surface area contributed by atoms with Crippen LogP contribution in [0.3, 0.4) is 0 Å². The lowest BCUT2D eigenvalue weighted by Crippen LogP contribution is -2.47. The third kappa shape index (κ3) is 4.96. The third-order valence-corrected chi connectivity index (χ3v) is 5.74. The Kier molecular flexibility index (Phi) is 6.12. The van der Waals surface area contributed by atoms with Gasteiger partial charge in [-0.2, -0.15) is 0 Å². The first-order valence-corrected chi connectivity index (χ1v) is 10.5. The SMILES string of the molecule is O=C(Nc1ccc(N2CCN(c3ccccc3F)CC2)nc1)NC1CCCCC1. The van der Waals surface area contributed by atoms with E-state index in [-0.39, 0.29) is 17.9 Å². The van der Waals surface area contributed by atoms with E-state index in [1.165, 1.54) is 25.3 Å². The molecule has 0 atom stereocenters. The van der Waals surface area contributed by atoms with Gasteiger partial charge in [0.1, 0.15) is 11.6 Å². The second-order valence-electron chi connectivity index (χ2n) is 7.76. The highest BCUT2D eigenvalue weighted by Gasteiger charge is 2.20. The summed E-state index contributed by atoms with van der Waals surface area (Å²) in [5, 5.41) is 5.92. The molecule has 1 saturated carbocycles. The summed E-state index contributed by atoms with van der Waals surface area (Å²) in [5.41, 5.74) is 1.34. The van der Waals surface area contributed by atoms with E-state index in [4.69, 9.17) is 0 Å². The number of benzene rings is 1. The van der Waals surface area contributed by atoms with Crippen LogP contribution in [0.15, 0.2) is 42.6 Å². The average molecular weight is 397 g/mol. The highest BCUT2D eigenvalue weighted by Crippen LogP contribution is 2.22. The molecule has 2 aromatic rings. The van der Waals surface area contributed by atoms with Crippen molar-refractivity contribution < 1.29 is 9.18 Å². The van der Waals surface area contributed by atoms with Crippen molar-refractivity contribution in [2.24, 2.45) is 0 Å². The number of piperazine rings is 1. The van der Waals surface area contributed by atoms with Gasteiger partial charge in [0, 0.05) is 32.2 Å². The number of nitrogens with one attached hydrogen (secondary N) is 2. The summed E-state index contributed by atoms with van der Waals surface area (Å²) in [7, 11) is 0. The number of para-hydroxylation sites is 1. The number of pyridine rings is 1. The van der Waals surface area contributed by atoms with E-state index >= 15 is 0 Å². The van der Waals surface area contributed by atoms with Crippen LogP contribution < -0.4 is 20.4 Å². The van der Waals surface area contributed by atoms with Crippen LogP contribution in [0.2, 0.25) is 0 Å². The molecule has 0 unspecified atom stereocenters. The van der Waals surface area contributed by atoms with Gasteiger partial charge in [-0.3, -0.25) is 0 Å². The van der Waals surface area contributed by atoms with Gasteiger partial charge in [-0.25, -0.2) is 14.2 Å². The Morgan fingerprint density at radius 1 is 0.966 bits per heavy atom. The molecular formula is C22H28FN5O. The van der Waals surface area contributed by atoms with Crippen molar-refractivity contribution in [3.63, 3.8) is 0 Å². The minimum atomic E-state index is -0.180. The van der Waals surface area contributed by atoms with Gasteiger partial charge in [0.25, 0.3) is 0 Å². The molecule has 2 heterocycles. The number of aromatic nitrogens is 1. The topological polar surface area (TPSA) is 60.5 Å². The Morgan fingerprint density at radius 2 is 1.69 bits per heavy atom. The minimum Gasteiger partial charge on any atom is -0.366 e. The fraction of sp³-hybridized carbons (Fsp3) is 0.455. The zero-order valence-corrected chi connectivity index (χ0v) is 16.6. The first kappa shape index (κ1) is 19.5. The molecular weight excluding hydrogens is 369 g/mol. The zero-order valence-electron chi connectivity index (χ0n) is 16.6. The Balaban J connectivity index is 1.28. The fourth-order valence-electron chi connectivity index (χ4n) is 4.13. The van der Waals surface area contributed by atoms with Crippen molar-refractivity contribution >= 4 is 23.2 Å². The monoisotopic (exact) mass is 397 g/mol. The predicted molar refractivity (Wildman–Crippen MR) is 114 cm³/mol. The van der Waals surface area contributed by atoms with Crippen molar-refractivity contribution in [1.82, 2.24) is 10.3 Å². The number of hydrogen-bond acceptors (Lipinski definition) is 4. The lowest BCUT2D eigenvalue weighted by atomic mass is 9.96. The number of nitrogens with zero attached hydrogens (tertiary/aromatic N) is 3. The summed E-state index contributed by atoms with van der Waals surface area (Å²) in [6, 6.07) is 10.8. The number of rotatable bonds is 4. The van der Waals surface area contributed by atoms with Gasteiger partial charge in [0.05, 0.1) is 17.6 Å². The van der Waals surface area contributed by atoms with Gasteiger partial charge in [0.2, 0.25) is 0 Å². The molecule has 1 aliphatic carbocycles. The average Bonchev–Trinajstić information content (AvgIpc) is 2.75. The van der Waals surface area contributed by atoms with Crippen LogP contribution in [0.1, 0.15) is 32.1 Å². The van der Waals surface area contributed by atoms with Crippen molar-refractivity contribution in [3.05, 3.63) is 48.4 Å². The standard InChI is InChI=1S/C22H28FN5O/c23-19-8-4-5-9-20(19)27-12-14-28(15-13-27)21-11-10-18(16-24-21)26-22(29)25-17-6-2-1-3-7-17/h4-5,8-11,16-17H,1-3,6-7,12-15H2,(H2,25,26,29). The smallest absolute Gasteiger partial charge is 0.319 e. The number of anilines is 3. The summed E-state index contributed by atoms with van der Waals surface area (Å²) in [6.07, 6.45) is 7.45. The molecule has 29 heavy (non-hydrogen) atoms. The summed E-state index contributed by atoms with van der Waals surface area (Å²) < 4.78 is 14.0. The van der Waals surface area contributed by atoms with E-state index in [0.717, 1.165) is 44.8 Å². The van der Waals surface area contributed by atoms with Crippen LogP contribution in [0.5, 0.6) is 0 Å². The van der Waals surface area contributed by atoms with Crippen molar-refractivity contribution in [1.29, 1.82) is 0 Å². The lowest BCUT2D eigenvalue weighted by Gasteiger charge is -2.36. The quantitative estimate of drug-likeness (QED) is 0.819. The lowest BCUT2D eigenvalue weighted by molar-refractivity contribution is 0.244. The van der Waals surface area contributed by atoms with E-state index in [0.29, 0.717) is 11.4 Å². The number of urea groups is 1. The number of hydrogen-bond donors (Lipinski definition) is 2. The predicted octanol–water partition coefficient (Wildman–Crippen LogP) is 4.00. The molecule has 1 aliphatic heterocycles. The second-order valence-corrected chi connectivity index (χ2v) is 7.76. The molecule has 7 heteroatoms. The largest absolute Gasteiger partial charge is 0.366 e. The van der Waals surface area contributed by atoms with Gasteiger partial charge in [-0.15, -0.1) is 0 Å². The van der Waals surface area contributed by atoms with Crippen LogP contribution in [0, 0.1) is 5.82 Å². The summed E-state index contributed by atoms with van der Waals surface area (Å²) in [6.45, 7) is 3.03. The molecule has 1 saturated heterocycles. The van der Waals surface area contributed by atoms with Gasteiger partial charge in [-0.1, -0.05) is 31.4 Å². The molecule has 154 valence electrons. The van der Waals surface area contributed by atoms with Gasteiger partial charge >= 0.3 is 6.03 Å². The molecule has 6 nitrogen and oxygen atoms in total. The van der Waals surface area contributed by atoms with Crippen molar-refractivity contribution in [3.8, 4) is 0 Å². The molecule has 2 aliphatic rings. The van der Waals surface area contributed by atoms with Gasteiger partial charge in [-0.05, 0) is 37.1 Å². The maximum absolute atomic E-state index is 14.0. The number of carbonyl (C=O) groups is 1. The molecule has 4 rings (SSSR count). The summed E-state index contributed by atoms with van der Waals surface area (Å²) >= 11 is 0. The summed E-state index contributed by atoms with van der Waals surface area (Å²) in [4.78, 5) is 20.9. The maximum Gasteiger partial charge on any atom is 0.319 e. The van der Waals surface area contributed by atoms with E-state index in [1.807, 2.05) is 24.3 Å². The third-order valence-electron chi connectivity index (χ3n) is 5.74. The fourth-order valence-corrected chi connectivity index (χ4v) is 4.13. The van der Waals surface area contributed by atoms with Crippen LogP contribution in [-0.2, 0) is 0 Å². The molecule has 2 N–H and O–H groups in total. The highest BCUT2D eigenvalue weighted by atomic mass is 19.1. The highest BCUT2D eigenvalue weighted by molar-refractivity contribution is 5.89. The molecule has 2 fully saturated rings. The van der Waals surface area contributed by atoms with E-state index in [9.17, 15) is 9.18 Å². The first-order chi connectivity index (χ1) is 14.2. The molecule has 0 radical (unpaired) electrons. The summed E-state index contributed by atoms with van der Waals surface area (Å²) in [5.74, 6) is 0.692. The minimum absolute atomic E-state index is 0.162. The molecule has 1 aromatic heterocycles. The van der Waals surface area contributed by atoms with Crippen LogP contribution in [0.25, 0.3) is 0 Å². The van der Waals surface area contributed by atoms with E-state index in [1.54, 1.807) is 12.3 Å². The van der Waals surface area contributed by atoms with Gasteiger partial charge in [0.15, 0.2) is 0 Å². The van der Waals surface area contributed by atoms with Gasteiger partial charge < -0.3 is 20.4 Å². The number of amides is 2. The Morgan fingerprint density at radius 3 is 2.38 bits per heavy atom. The molecule has 0 bridgehead atoms.